The molecular formula is C27H25NO2. The molecule has 4 aromatic rings. The highest BCUT2D eigenvalue weighted by Crippen LogP contribution is 2.27. The second kappa shape index (κ2) is 9.27. The lowest BCUT2D eigenvalue weighted by Crippen LogP contribution is -2.18. The molecule has 1 atom stereocenters. The van der Waals surface area contributed by atoms with Crippen molar-refractivity contribution in [3.05, 3.63) is 120 Å². The van der Waals surface area contributed by atoms with Crippen molar-refractivity contribution in [3.8, 4) is 0 Å². The molecule has 0 N–H and O–H groups in total. The number of aromatic nitrogens is 1. The van der Waals surface area contributed by atoms with E-state index in [1.807, 2.05) is 42.5 Å². The molecule has 150 valence electrons. The van der Waals surface area contributed by atoms with E-state index in [0.29, 0.717) is 6.42 Å². The van der Waals surface area contributed by atoms with Gasteiger partial charge in [-0.15, -0.1) is 0 Å². The first-order chi connectivity index (χ1) is 14.7. The molecule has 0 aliphatic heterocycles. The van der Waals surface area contributed by atoms with Gasteiger partial charge in [0.1, 0.15) is 6.61 Å². The first kappa shape index (κ1) is 19.7. The van der Waals surface area contributed by atoms with Gasteiger partial charge in [0.05, 0.1) is 5.92 Å². The molecule has 0 amide bonds. The van der Waals surface area contributed by atoms with Crippen molar-refractivity contribution in [2.45, 2.75) is 18.9 Å². The van der Waals surface area contributed by atoms with Crippen molar-refractivity contribution in [3.63, 3.8) is 0 Å². The maximum Gasteiger partial charge on any atom is 0.314 e. The minimum atomic E-state index is -0.364. The van der Waals surface area contributed by atoms with Crippen molar-refractivity contribution in [1.29, 1.82) is 0 Å². The lowest BCUT2D eigenvalue weighted by atomic mass is 9.91. The number of carbonyl (C=O) groups excluding carboxylic acids is 1. The van der Waals surface area contributed by atoms with Crippen LogP contribution in [-0.4, -0.2) is 17.1 Å². The van der Waals surface area contributed by atoms with Crippen LogP contribution in [0.5, 0.6) is 0 Å². The molecule has 0 fully saturated rings. The monoisotopic (exact) mass is 395 g/mol. The summed E-state index contributed by atoms with van der Waals surface area (Å²) in [5.41, 5.74) is 4.43. The summed E-state index contributed by atoms with van der Waals surface area (Å²) in [7, 11) is 0. The van der Waals surface area contributed by atoms with Crippen LogP contribution in [0.15, 0.2) is 104 Å². The molecule has 0 aliphatic rings. The Bertz CT molecular complexity index is 1130. The fraction of sp³-hybridized carbons (Fsp3) is 0.148. The van der Waals surface area contributed by atoms with E-state index >= 15 is 0 Å². The fourth-order valence-corrected chi connectivity index (χ4v) is 3.76. The lowest BCUT2D eigenvalue weighted by Gasteiger charge is -2.17. The summed E-state index contributed by atoms with van der Waals surface area (Å²) in [5, 5.41) is 1.16. The predicted octanol–water partition coefficient (Wildman–Crippen LogP) is 5.75. The topological polar surface area (TPSA) is 31.2 Å². The minimum Gasteiger partial charge on any atom is -0.461 e. The van der Waals surface area contributed by atoms with Crippen molar-refractivity contribution < 1.29 is 9.53 Å². The fourth-order valence-electron chi connectivity index (χ4n) is 3.76. The van der Waals surface area contributed by atoms with Gasteiger partial charge in [0.2, 0.25) is 0 Å². The predicted molar refractivity (Wildman–Crippen MR) is 122 cm³/mol. The number of nitrogens with zero attached hydrogens (tertiary/aromatic N) is 1. The molecule has 1 heterocycles. The van der Waals surface area contributed by atoms with E-state index in [0.717, 1.165) is 28.6 Å². The molecule has 0 saturated carbocycles. The van der Waals surface area contributed by atoms with Crippen LogP contribution < -0.4 is 0 Å². The third kappa shape index (κ3) is 4.52. The maximum atomic E-state index is 12.9. The third-order valence-corrected chi connectivity index (χ3v) is 5.31. The average Bonchev–Trinajstić information content (AvgIpc) is 3.19. The summed E-state index contributed by atoms with van der Waals surface area (Å²) >= 11 is 0. The van der Waals surface area contributed by atoms with E-state index in [2.05, 4.69) is 59.8 Å². The maximum absolute atomic E-state index is 12.9. The van der Waals surface area contributed by atoms with Gasteiger partial charge in [-0.2, -0.15) is 0 Å². The molecule has 1 aromatic heterocycles. The van der Waals surface area contributed by atoms with E-state index in [4.69, 9.17) is 4.74 Å². The SMILES string of the molecule is C=CCOC(=O)C(Cc1ccccc1)c1ccc2ccn(Cc3ccccc3)c2c1. The molecule has 0 radical (unpaired) electrons. The van der Waals surface area contributed by atoms with Gasteiger partial charge in [-0.25, -0.2) is 0 Å². The Hall–Kier alpha value is -3.59. The van der Waals surface area contributed by atoms with Gasteiger partial charge in [-0.05, 0) is 40.6 Å². The van der Waals surface area contributed by atoms with Crippen molar-refractivity contribution in [2.75, 3.05) is 6.61 Å². The molecule has 3 nitrogen and oxygen atoms in total. The summed E-state index contributed by atoms with van der Waals surface area (Å²) in [5.74, 6) is -0.587. The van der Waals surface area contributed by atoms with Crippen LogP contribution in [0.1, 0.15) is 22.6 Å². The van der Waals surface area contributed by atoms with E-state index < -0.39 is 0 Å². The molecular weight excluding hydrogens is 370 g/mol. The highest BCUT2D eigenvalue weighted by Gasteiger charge is 2.23. The van der Waals surface area contributed by atoms with Crippen molar-refractivity contribution in [2.24, 2.45) is 0 Å². The van der Waals surface area contributed by atoms with Crippen LogP contribution in [0.3, 0.4) is 0 Å². The number of fused-ring (bicyclic) bond motifs is 1. The summed E-state index contributed by atoms with van der Waals surface area (Å²) in [6.07, 6.45) is 4.30. The van der Waals surface area contributed by atoms with Crippen LogP contribution in [0.2, 0.25) is 0 Å². The first-order valence-electron chi connectivity index (χ1n) is 10.2. The van der Waals surface area contributed by atoms with Gasteiger partial charge in [0, 0.05) is 18.3 Å². The van der Waals surface area contributed by atoms with Crippen LogP contribution in [-0.2, 0) is 22.5 Å². The molecule has 3 aromatic carbocycles. The number of benzene rings is 3. The van der Waals surface area contributed by atoms with Gasteiger partial charge in [-0.3, -0.25) is 4.79 Å². The standard InChI is InChI=1S/C27H25NO2/c1-2-17-30-27(29)25(18-21-9-5-3-6-10-21)24-14-13-23-15-16-28(26(23)19-24)20-22-11-7-4-8-12-22/h2-16,19,25H,1,17-18,20H2. The Balaban J connectivity index is 1.68. The van der Waals surface area contributed by atoms with Crippen LogP contribution in [0, 0.1) is 0 Å². The Morgan fingerprint density at radius 1 is 0.933 bits per heavy atom. The van der Waals surface area contributed by atoms with Crippen LogP contribution in [0.25, 0.3) is 10.9 Å². The molecule has 3 heteroatoms. The summed E-state index contributed by atoms with van der Waals surface area (Å²) in [6, 6.07) is 28.8. The highest BCUT2D eigenvalue weighted by atomic mass is 16.5. The van der Waals surface area contributed by atoms with Gasteiger partial charge < -0.3 is 9.30 Å². The number of carbonyl (C=O) groups is 1. The quantitative estimate of drug-likeness (QED) is 0.281. The highest BCUT2D eigenvalue weighted by molar-refractivity contribution is 5.84. The van der Waals surface area contributed by atoms with E-state index in [1.165, 1.54) is 5.56 Å². The molecule has 30 heavy (non-hydrogen) atoms. The smallest absolute Gasteiger partial charge is 0.314 e. The van der Waals surface area contributed by atoms with E-state index in [-0.39, 0.29) is 18.5 Å². The molecule has 0 saturated heterocycles. The largest absolute Gasteiger partial charge is 0.461 e. The van der Waals surface area contributed by atoms with Gasteiger partial charge in [0.15, 0.2) is 0 Å². The number of rotatable bonds is 8. The van der Waals surface area contributed by atoms with Gasteiger partial charge in [0.25, 0.3) is 0 Å². The zero-order chi connectivity index (χ0) is 20.8. The van der Waals surface area contributed by atoms with Gasteiger partial charge in [-0.1, -0.05) is 85.5 Å². The molecule has 0 aliphatic carbocycles. The second-order valence-corrected chi connectivity index (χ2v) is 7.41. The Kier molecular flexibility index (Phi) is 6.09. The Morgan fingerprint density at radius 3 is 2.33 bits per heavy atom. The average molecular weight is 396 g/mol. The van der Waals surface area contributed by atoms with Gasteiger partial charge >= 0.3 is 5.97 Å². The zero-order valence-corrected chi connectivity index (χ0v) is 16.9. The van der Waals surface area contributed by atoms with E-state index in [9.17, 15) is 4.79 Å². The molecule has 0 bridgehead atoms. The summed E-state index contributed by atoms with van der Waals surface area (Å²) in [6.45, 7) is 4.66. The third-order valence-electron chi connectivity index (χ3n) is 5.31. The second-order valence-electron chi connectivity index (χ2n) is 7.41. The van der Waals surface area contributed by atoms with E-state index in [1.54, 1.807) is 6.08 Å². The number of ether oxygens (including phenoxy) is 1. The number of hydrogen-bond acceptors (Lipinski definition) is 2. The molecule has 1 unspecified atom stereocenters. The Labute approximate surface area is 177 Å². The van der Waals surface area contributed by atoms with Crippen molar-refractivity contribution >= 4 is 16.9 Å². The molecule has 4 rings (SSSR count). The van der Waals surface area contributed by atoms with Crippen molar-refractivity contribution in [1.82, 2.24) is 4.57 Å². The normalized spacial score (nSPS) is 11.9. The first-order valence-corrected chi connectivity index (χ1v) is 10.2. The number of hydrogen-bond donors (Lipinski definition) is 0. The Morgan fingerprint density at radius 2 is 1.63 bits per heavy atom. The minimum absolute atomic E-state index is 0.219. The summed E-state index contributed by atoms with van der Waals surface area (Å²) < 4.78 is 7.66. The van der Waals surface area contributed by atoms with Crippen LogP contribution >= 0.6 is 0 Å². The molecule has 0 spiro atoms. The lowest BCUT2D eigenvalue weighted by molar-refractivity contribution is -0.144. The zero-order valence-electron chi connectivity index (χ0n) is 16.9. The number of esters is 1. The summed E-state index contributed by atoms with van der Waals surface area (Å²) in [4.78, 5) is 12.9. The van der Waals surface area contributed by atoms with Crippen LogP contribution in [0.4, 0.5) is 0 Å².